The largest absolute Gasteiger partial charge is 0.478 e. The van der Waals surface area contributed by atoms with Gasteiger partial charge in [-0.1, -0.05) is 30.3 Å². The molecule has 0 aliphatic heterocycles. The van der Waals surface area contributed by atoms with Crippen LogP contribution >= 0.6 is 0 Å². The van der Waals surface area contributed by atoms with Crippen molar-refractivity contribution >= 4 is 34.7 Å². The lowest BCUT2D eigenvalue weighted by atomic mass is 9.84. The third kappa shape index (κ3) is 5.22. The number of amides is 2. The quantitative estimate of drug-likeness (QED) is 0.277. The van der Waals surface area contributed by atoms with Crippen molar-refractivity contribution in [2.45, 2.75) is 12.1 Å². The van der Waals surface area contributed by atoms with Gasteiger partial charge in [-0.25, -0.2) is 4.79 Å². The molecular formula is C27H24N4O4. The summed E-state index contributed by atoms with van der Waals surface area (Å²) in [5.41, 5.74) is 13.0. The zero-order valence-electron chi connectivity index (χ0n) is 18.7. The van der Waals surface area contributed by atoms with E-state index in [1.807, 2.05) is 6.07 Å². The molecule has 0 unspecified atom stereocenters. The van der Waals surface area contributed by atoms with Gasteiger partial charge in [0.15, 0.2) is 0 Å². The fraction of sp³-hybridized carbons (Fsp3) is 0.0741. The van der Waals surface area contributed by atoms with Gasteiger partial charge in [-0.2, -0.15) is 0 Å². The van der Waals surface area contributed by atoms with Gasteiger partial charge in [0.1, 0.15) is 5.66 Å². The van der Waals surface area contributed by atoms with Gasteiger partial charge in [0, 0.05) is 28.9 Å². The van der Waals surface area contributed by atoms with Crippen molar-refractivity contribution in [3.63, 3.8) is 0 Å². The first-order valence-corrected chi connectivity index (χ1v) is 10.8. The number of carboxylic acids is 1. The molecule has 0 saturated carbocycles. The summed E-state index contributed by atoms with van der Waals surface area (Å²) in [5.74, 6) is -2.03. The van der Waals surface area contributed by atoms with Gasteiger partial charge in [-0.15, -0.1) is 0 Å². The van der Waals surface area contributed by atoms with E-state index in [2.05, 4.69) is 10.6 Å². The number of carbonyl (C=O) groups excluding carboxylic acids is 2. The fourth-order valence-corrected chi connectivity index (χ4v) is 3.88. The number of hydrogen-bond acceptors (Lipinski definition) is 5. The van der Waals surface area contributed by atoms with Gasteiger partial charge in [-0.05, 0) is 71.8 Å². The first kappa shape index (κ1) is 23.3. The third-order valence-electron chi connectivity index (χ3n) is 5.69. The predicted octanol–water partition coefficient (Wildman–Crippen LogP) is 3.21. The van der Waals surface area contributed by atoms with Crippen molar-refractivity contribution in [3.8, 4) is 0 Å². The van der Waals surface area contributed by atoms with Crippen LogP contribution < -0.4 is 22.1 Å². The van der Waals surface area contributed by atoms with Crippen LogP contribution in [0.15, 0.2) is 96.6 Å². The topological polar surface area (TPSA) is 148 Å². The number of hydrogen-bond donors (Lipinski definition) is 5. The highest BCUT2D eigenvalue weighted by atomic mass is 16.4. The molecule has 0 atom stereocenters. The Labute approximate surface area is 202 Å². The second-order valence-electron chi connectivity index (χ2n) is 8.20. The van der Waals surface area contributed by atoms with E-state index in [1.165, 1.54) is 12.2 Å². The average Bonchev–Trinajstić information content (AvgIpc) is 2.85. The maximum Gasteiger partial charge on any atom is 0.335 e. The van der Waals surface area contributed by atoms with Crippen LogP contribution in [0.25, 0.3) is 5.57 Å². The lowest BCUT2D eigenvalue weighted by Gasteiger charge is -2.36. The maximum absolute atomic E-state index is 13.2. The minimum Gasteiger partial charge on any atom is -0.478 e. The van der Waals surface area contributed by atoms with Crippen LogP contribution in [0.2, 0.25) is 0 Å². The van der Waals surface area contributed by atoms with E-state index in [0.717, 1.165) is 0 Å². The number of aliphatic carboxylic acids is 1. The molecule has 0 radical (unpaired) electrons. The first-order chi connectivity index (χ1) is 16.8. The van der Waals surface area contributed by atoms with Gasteiger partial charge in [0.05, 0.1) is 5.57 Å². The minimum atomic E-state index is -1.40. The highest BCUT2D eigenvalue weighted by Gasteiger charge is 2.37. The summed E-state index contributed by atoms with van der Waals surface area (Å²) in [4.78, 5) is 38.3. The van der Waals surface area contributed by atoms with E-state index >= 15 is 0 Å². The van der Waals surface area contributed by atoms with Gasteiger partial charge in [0.2, 0.25) is 0 Å². The van der Waals surface area contributed by atoms with Gasteiger partial charge in [-0.3, -0.25) is 9.59 Å². The Morgan fingerprint density at radius 2 is 1.23 bits per heavy atom. The van der Waals surface area contributed by atoms with Crippen molar-refractivity contribution in [1.82, 2.24) is 10.6 Å². The van der Waals surface area contributed by atoms with Crippen LogP contribution in [-0.4, -0.2) is 28.6 Å². The summed E-state index contributed by atoms with van der Waals surface area (Å²) < 4.78 is 0. The van der Waals surface area contributed by atoms with Crippen molar-refractivity contribution in [3.05, 3.63) is 113 Å². The van der Waals surface area contributed by atoms with Crippen molar-refractivity contribution in [1.29, 1.82) is 0 Å². The number of rotatable bonds is 6. The van der Waals surface area contributed by atoms with E-state index < -0.39 is 23.4 Å². The summed E-state index contributed by atoms with van der Waals surface area (Å²) in [6, 6.07) is 21.7. The summed E-state index contributed by atoms with van der Waals surface area (Å²) in [5, 5.41) is 15.6. The van der Waals surface area contributed by atoms with Crippen LogP contribution in [-0.2, 0) is 4.79 Å². The lowest BCUT2D eigenvalue weighted by Crippen LogP contribution is -2.60. The van der Waals surface area contributed by atoms with Crippen LogP contribution in [0.5, 0.6) is 0 Å². The molecule has 0 saturated heterocycles. The Kier molecular flexibility index (Phi) is 6.37. The molecule has 0 fully saturated rings. The molecule has 176 valence electrons. The maximum atomic E-state index is 13.2. The monoisotopic (exact) mass is 468 g/mol. The van der Waals surface area contributed by atoms with E-state index in [0.29, 0.717) is 33.6 Å². The number of carboxylic acid groups (broad SMARTS) is 1. The smallest absolute Gasteiger partial charge is 0.335 e. The number of benzene rings is 3. The second kappa shape index (κ2) is 9.56. The second-order valence-corrected chi connectivity index (χ2v) is 8.20. The number of nitrogens with two attached hydrogens (primary N) is 2. The number of carbonyl (C=O) groups is 3. The normalized spacial score (nSPS) is 14.3. The molecule has 1 aliphatic carbocycles. The molecule has 0 aromatic heterocycles. The Balaban J connectivity index is 1.74. The number of anilines is 2. The van der Waals surface area contributed by atoms with E-state index in [1.54, 1.807) is 72.8 Å². The molecule has 3 aromatic carbocycles. The molecule has 4 rings (SSSR count). The summed E-state index contributed by atoms with van der Waals surface area (Å²) in [7, 11) is 0. The number of nitrogens with one attached hydrogen (secondary N) is 2. The van der Waals surface area contributed by atoms with Crippen LogP contribution in [0.1, 0.15) is 32.7 Å². The van der Waals surface area contributed by atoms with E-state index in [9.17, 15) is 19.5 Å². The third-order valence-corrected chi connectivity index (χ3v) is 5.69. The standard InChI is InChI=1S/C27H24N4O4/c28-20-10-6-18(7-11-20)24(32)30-27(31-25(33)19-8-12-21(29)13-9-19)15-14-22(26(34)35)23(16-27)17-4-2-1-3-5-17/h1-15H,16,28-29H2,(H,30,32)(H,31,33)(H,34,35). The molecule has 8 nitrogen and oxygen atoms in total. The summed E-state index contributed by atoms with van der Waals surface area (Å²) in [6.07, 6.45) is 2.91. The van der Waals surface area contributed by atoms with Crippen LogP contribution in [0.3, 0.4) is 0 Å². The minimum absolute atomic E-state index is 0.0105. The number of nitrogen functional groups attached to an aromatic ring is 2. The predicted molar refractivity (Wildman–Crippen MR) is 134 cm³/mol. The first-order valence-electron chi connectivity index (χ1n) is 10.8. The average molecular weight is 469 g/mol. The Morgan fingerprint density at radius 3 is 1.69 bits per heavy atom. The van der Waals surface area contributed by atoms with Gasteiger partial charge in [0.25, 0.3) is 11.8 Å². The van der Waals surface area contributed by atoms with E-state index in [4.69, 9.17) is 11.5 Å². The fourth-order valence-electron chi connectivity index (χ4n) is 3.88. The lowest BCUT2D eigenvalue weighted by molar-refractivity contribution is -0.132. The molecule has 1 aliphatic rings. The van der Waals surface area contributed by atoms with Crippen molar-refractivity contribution in [2.75, 3.05) is 11.5 Å². The van der Waals surface area contributed by atoms with Gasteiger partial charge < -0.3 is 27.2 Å². The SMILES string of the molecule is Nc1ccc(C(=O)NC2(NC(=O)c3ccc(N)cc3)C=CC(C(=O)O)=C(c3ccccc3)C2)cc1. The Bertz CT molecular complexity index is 1270. The highest BCUT2D eigenvalue weighted by molar-refractivity contribution is 6.02. The molecule has 0 heterocycles. The van der Waals surface area contributed by atoms with Crippen molar-refractivity contribution < 1.29 is 19.5 Å². The zero-order valence-corrected chi connectivity index (χ0v) is 18.7. The molecule has 0 spiro atoms. The van der Waals surface area contributed by atoms with E-state index in [-0.39, 0.29) is 12.0 Å². The molecular weight excluding hydrogens is 444 g/mol. The molecule has 3 aromatic rings. The molecule has 35 heavy (non-hydrogen) atoms. The molecule has 0 bridgehead atoms. The zero-order chi connectivity index (χ0) is 25.0. The molecule has 2 amide bonds. The highest BCUT2D eigenvalue weighted by Crippen LogP contribution is 2.33. The van der Waals surface area contributed by atoms with Crippen LogP contribution in [0, 0.1) is 0 Å². The molecule has 7 N–H and O–H groups in total. The Hall–Kier alpha value is -4.85. The van der Waals surface area contributed by atoms with Crippen molar-refractivity contribution in [2.24, 2.45) is 0 Å². The Morgan fingerprint density at radius 1 is 0.743 bits per heavy atom. The summed E-state index contributed by atoms with van der Waals surface area (Å²) in [6.45, 7) is 0. The van der Waals surface area contributed by atoms with Gasteiger partial charge >= 0.3 is 5.97 Å². The molecule has 8 heteroatoms. The summed E-state index contributed by atoms with van der Waals surface area (Å²) >= 11 is 0. The van der Waals surface area contributed by atoms with Crippen LogP contribution in [0.4, 0.5) is 11.4 Å².